The Kier molecular flexibility index (Phi) is 4.29. The lowest BCUT2D eigenvalue weighted by atomic mass is 10.1. The van der Waals surface area contributed by atoms with Gasteiger partial charge >= 0.3 is 0 Å². The van der Waals surface area contributed by atoms with E-state index in [0.717, 1.165) is 25.3 Å². The topological polar surface area (TPSA) is 90.5 Å². The van der Waals surface area contributed by atoms with Gasteiger partial charge in [-0.05, 0) is 30.3 Å². The molecule has 2 aliphatic rings. The van der Waals surface area contributed by atoms with Crippen molar-refractivity contribution < 1.29 is 13.2 Å². The summed E-state index contributed by atoms with van der Waals surface area (Å²) < 4.78 is 27.6. The van der Waals surface area contributed by atoms with Gasteiger partial charge in [0.2, 0.25) is 5.91 Å². The number of benzene rings is 2. The molecule has 2 aliphatic heterocycles. The Morgan fingerprint density at radius 3 is 2.73 bits per heavy atom. The molecule has 136 valence electrons. The van der Waals surface area contributed by atoms with E-state index in [1.807, 2.05) is 6.07 Å². The first-order valence-electron chi connectivity index (χ1n) is 8.52. The van der Waals surface area contributed by atoms with Crippen LogP contribution in [-0.2, 0) is 14.8 Å². The number of sulfonamides is 1. The molecule has 26 heavy (non-hydrogen) atoms. The largest absolute Gasteiger partial charge is 0.364 e. The number of nitrogens with zero attached hydrogens (tertiary/aromatic N) is 1. The van der Waals surface area contributed by atoms with Gasteiger partial charge in [-0.2, -0.15) is 0 Å². The van der Waals surface area contributed by atoms with Gasteiger partial charge in [-0.25, -0.2) is 8.42 Å². The molecule has 2 aromatic carbocycles. The Bertz CT molecular complexity index is 931. The highest BCUT2D eigenvalue weighted by atomic mass is 32.2. The van der Waals surface area contributed by atoms with Crippen molar-refractivity contribution >= 4 is 33.0 Å². The average molecular weight is 372 g/mol. The summed E-state index contributed by atoms with van der Waals surface area (Å²) in [4.78, 5) is 14.6. The van der Waals surface area contributed by atoms with Gasteiger partial charge in [0.1, 0.15) is 0 Å². The van der Waals surface area contributed by atoms with Gasteiger partial charge in [-0.15, -0.1) is 0 Å². The highest BCUT2D eigenvalue weighted by Gasteiger charge is 2.30. The third-order valence-corrected chi connectivity index (χ3v) is 6.05. The number of fused-ring (bicyclic) bond motifs is 3. The summed E-state index contributed by atoms with van der Waals surface area (Å²) in [6, 6.07) is 13.6. The van der Waals surface area contributed by atoms with Crippen LogP contribution in [0.15, 0.2) is 53.4 Å². The predicted octanol–water partition coefficient (Wildman–Crippen LogP) is 1.61. The van der Waals surface area contributed by atoms with Crippen molar-refractivity contribution in [1.82, 2.24) is 5.32 Å². The van der Waals surface area contributed by atoms with Crippen molar-refractivity contribution in [1.29, 1.82) is 0 Å². The van der Waals surface area contributed by atoms with E-state index in [1.54, 1.807) is 42.5 Å². The first-order chi connectivity index (χ1) is 12.5. The fourth-order valence-electron chi connectivity index (χ4n) is 3.44. The maximum absolute atomic E-state index is 12.5. The van der Waals surface area contributed by atoms with Crippen LogP contribution in [0.5, 0.6) is 0 Å². The van der Waals surface area contributed by atoms with Crippen molar-refractivity contribution in [2.75, 3.05) is 34.6 Å². The van der Waals surface area contributed by atoms with E-state index in [0.29, 0.717) is 17.8 Å². The average Bonchev–Trinajstić information content (AvgIpc) is 2.77. The maximum atomic E-state index is 12.5. The summed E-state index contributed by atoms with van der Waals surface area (Å²) in [5.41, 5.74) is 1.97. The monoisotopic (exact) mass is 372 g/mol. The van der Waals surface area contributed by atoms with Gasteiger partial charge < -0.3 is 15.5 Å². The van der Waals surface area contributed by atoms with Crippen LogP contribution < -0.4 is 20.3 Å². The quantitative estimate of drug-likeness (QED) is 0.762. The molecule has 0 spiro atoms. The zero-order valence-electron chi connectivity index (χ0n) is 14.1. The van der Waals surface area contributed by atoms with Crippen LogP contribution in [0.4, 0.5) is 17.1 Å². The van der Waals surface area contributed by atoms with E-state index >= 15 is 0 Å². The molecule has 1 atom stereocenters. The van der Waals surface area contributed by atoms with Crippen molar-refractivity contribution in [3.63, 3.8) is 0 Å². The van der Waals surface area contributed by atoms with Crippen LogP contribution in [0.25, 0.3) is 0 Å². The molecular formula is C18H20N4O3S. The van der Waals surface area contributed by atoms with Gasteiger partial charge in [0.25, 0.3) is 10.0 Å². The molecule has 0 aromatic heterocycles. The molecule has 1 saturated heterocycles. The Labute approximate surface area is 152 Å². The predicted molar refractivity (Wildman–Crippen MR) is 101 cm³/mol. The normalized spacial score (nSPS) is 19.8. The highest BCUT2D eigenvalue weighted by molar-refractivity contribution is 7.92. The standard InChI is InChI=1S/C18H20N4O3S/c23-18-11-14-12-19-8-9-22(14)17-7-6-13(10-16(17)20-18)21-26(24,25)15-4-2-1-3-5-15/h1-7,10,14,19,21H,8-9,11-12H2,(H,20,23). The van der Waals surface area contributed by atoms with E-state index in [1.165, 1.54) is 0 Å². The second kappa shape index (κ2) is 6.62. The highest BCUT2D eigenvalue weighted by Crippen LogP contribution is 2.34. The Hall–Kier alpha value is -2.58. The van der Waals surface area contributed by atoms with Crippen molar-refractivity contribution in [3.8, 4) is 0 Å². The molecule has 0 bridgehead atoms. The van der Waals surface area contributed by atoms with Crippen LogP contribution in [0.1, 0.15) is 6.42 Å². The molecule has 2 heterocycles. The second-order valence-electron chi connectivity index (χ2n) is 6.45. The van der Waals surface area contributed by atoms with E-state index < -0.39 is 10.0 Å². The Balaban J connectivity index is 1.66. The van der Waals surface area contributed by atoms with Crippen LogP contribution in [0.2, 0.25) is 0 Å². The van der Waals surface area contributed by atoms with E-state index in [4.69, 9.17) is 0 Å². The lowest BCUT2D eigenvalue weighted by Crippen LogP contribution is -2.51. The van der Waals surface area contributed by atoms with E-state index in [2.05, 4.69) is 20.3 Å². The summed E-state index contributed by atoms with van der Waals surface area (Å²) in [5.74, 6) is -0.0643. The molecule has 1 fully saturated rings. The Morgan fingerprint density at radius 1 is 1.12 bits per heavy atom. The summed E-state index contributed by atoms with van der Waals surface area (Å²) in [6.07, 6.45) is 0.409. The number of anilines is 3. The molecule has 7 nitrogen and oxygen atoms in total. The molecule has 1 unspecified atom stereocenters. The van der Waals surface area contributed by atoms with Crippen LogP contribution in [-0.4, -0.2) is 40.0 Å². The van der Waals surface area contributed by atoms with Crippen LogP contribution in [0.3, 0.4) is 0 Å². The number of carbonyl (C=O) groups is 1. The molecule has 3 N–H and O–H groups in total. The number of amides is 1. The van der Waals surface area contributed by atoms with Gasteiger partial charge in [0.15, 0.2) is 0 Å². The number of rotatable bonds is 3. The molecule has 2 aromatic rings. The molecular weight excluding hydrogens is 352 g/mol. The molecule has 1 amide bonds. The number of hydrogen-bond donors (Lipinski definition) is 3. The van der Waals surface area contributed by atoms with Crippen molar-refractivity contribution in [2.45, 2.75) is 17.4 Å². The molecule has 8 heteroatoms. The summed E-state index contributed by atoms with van der Waals surface area (Å²) in [6.45, 7) is 2.42. The lowest BCUT2D eigenvalue weighted by molar-refractivity contribution is -0.116. The van der Waals surface area contributed by atoms with Crippen molar-refractivity contribution in [3.05, 3.63) is 48.5 Å². The number of hydrogen-bond acceptors (Lipinski definition) is 5. The van der Waals surface area contributed by atoms with Gasteiger partial charge in [0, 0.05) is 26.1 Å². The summed E-state index contributed by atoms with van der Waals surface area (Å²) in [5, 5.41) is 6.21. The van der Waals surface area contributed by atoms with Crippen LogP contribution in [0, 0.1) is 0 Å². The minimum Gasteiger partial charge on any atom is -0.364 e. The summed E-state index contributed by atoms with van der Waals surface area (Å²) in [7, 11) is -3.67. The smallest absolute Gasteiger partial charge is 0.261 e. The van der Waals surface area contributed by atoms with Gasteiger partial charge in [-0.1, -0.05) is 18.2 Å². The number of carbonyl (C=O) groups excluding carboxylic acids is 1. The minimum absolute atomic E-state index is 0.0643. The second-order valence-corrected chi connectivity index (χ2v) is 8.14. The first-order valence-corrected chi connectivity index (χ1v) is 10.0. The molecule has 0 radical (unpaired) electrons. The fourth-order valence-corrected chi connectivity index (χ4v) is 4.51. The number of piperazine rings is 1. The van der Waals surface area contributed by atoms with Gasteiger partial charge in [-0.3, -0.25) is 9.52 Å². The maximum Gasteiger partial charge on any atom is 0.261 e. The third kappa shape index (κ3) is 3.25. The first kappa shape index (κ1) is 16.9. The van der Waals surface area contributed by atoms with E-state index in [9.17, 15) is 13.2 Å². The number of nitrogens with one attached hydrogen (secondary N) is 3. The van der Waals surface area contributed by atoms with Gasteiger partial charge in [0.05, 0.1) is 28.0 Å². The van der Waals surface area contributed by atoms with Crippen molar-refractivity contribution in [2.24, 2.45) is 0 Å². The minimum atomic E-state index is -3.67. The lowest BCUT2D eigenvalue weighted by Gasteiger charge is -2.36. The fraction of sp³-hybridized carbons (Fsp3) is 0.278. The zero-order valence-corrected chi connectivity index (χ0v) is 14.9. The molecule has 0 aliphatic carbocycles. The summed E-state index contributed by atoms with van der Waals surface area (Å²) >= 11 is 0. The molecule has 4 rings (SSSR count). The third-order valence-electron chi connectivity index (χ3n) is 4.66. The SMILES string of the molecule is O=C1CC2CNCCN2c2ccc(NS(=O)(=O)c3ccccc3)cc2N1. The molecule has 0 saturated carbocycles. The zero-order chi connectivity index (χ0) is 18.1. The van der Waals surface area contributed by atoms with E-state index in [-0.39, 0.29) is 16.8 Å². The van der Waals surface area contributed by atoms with Crippen LogP contribution >= 0.6 is 0 Å². The Morgan fingerprint density at radius 2 is 1.92 bits per heavy atom.